The van der Waals surface area contributed by atoms with E-state index in [2.05, 4.69) is 25.7 Å². The van der Waals surface area contributed by atoms with Crippen LogP contribution in [0.25, 0.3) is 0 Å². The second-order valence-electron chi connectivity index (χ2n) is 6.41. The SMILES string of the molecule is C=C(C(C)C)[C@H](CNCC1CC1)c1ccc(C)cc1F. The molecule has 0 spiro atoms. The summed E-state index contributed by atoms with van der Waals surface area (Å²) in [6.07, 6.45) is 2.67. The van der Waals surface area contributed by atoms with Gasteiger partial charge in [0, 0.05) is 12.5 Å². The highest BCUT2D eigenvalue weighted by atomic mass is 19.1. The van der Waals surface area contributed by atoms with Gasteiger partial charge in [0.25, 0.3) is 0 Å². The van der Waals surface area contributed by atoms with Gasteiger partial charge in [-0.15, -0.1) is 0 Å². The van der Waals surface area contributed by atoms with Crippen LogP contribution in [0.3, 0.4) is 0 Å². The predicted molar refractivity (Wildman–Crippen MR) is 83.4 cm³/mol. The van der Waals surface area contributed by atoms with Crippen LogP contribution in [0.2, 0.25) is 0 Å². The maximum atomic E-state index is 14.3. The zero-order chi connectivity index (χ0) is 14.7. The molecule has 0 amide bonds. The Balaban J connectivity index is 2.12. The normalized spacial score (nSPS) is 16.4. The molecule has 1 aliphatic rings. The summed E-state index contributed by atoms with van der Waals surface area (Å²) >= 11 is 0. The van der Waals surface area contributed by atoms with Gasteiger partial charge in [0.1, 0.15) is 5.82 Å². The average Bonchev–Trinajstić information content (AvgIpc) is 3.19. The van der Waals surface area contributed by atoms with Gasteiger partial charge < -0.3 is 5.32 Å². The first-order valence-electron chi connectivity index (χ1n) is 7.64. The summed E-state index contributed by atoms with van der Waals surface area (Å²) in [6.45, 7) is 12.2. The number of hydrogen-bond donors (Lipinski definition) is 1. The van der Waals surface area contributed by atoms with Crippen LogP contribution in [0.15, 0.2) is 30.4 Å². The Labute approximate surface area is 122 Å². The fourth-order valence-electron chi connectivity index (χ4n) is 2.51. The van der Waals surface area contributed by atoms with Crippen LogP contribution in [-0.4, -0.2) is 13.1 Å². The Bertz CT molecular complexity index is 474. The molecule has 0 heterocycles. The second kappa shape index (κ2) is 6.53. The lowest BCUT2D eigenvalue weighted by atomic mass is 9.85. The maximum Gasteiger partial charge on any atom is 0.127 e. The first-order valence-corrected chi connectivity index (χ1v) is 7.64. The van der Waals surface area contributed by atoms with Crippen molar-refractivity contribution in [3.05, 3.63) is 47.3 Å². The third kappa shape index (κ3) is 3.92. The van der Waals surface area contributed by atoms with E-state index in [1.807, 2.05) is 19.1 Å². The molecule has 2 heteroatoms. The van der Waals surface area contributed by atoms with Crippen LogP contribution in [0.1, 0.15) is 43.7 Å². The Morgan fingerprint density at radius 2 is 2.10 bits per heavy atom. The van der Waals surface area contributed by atoms with Gasteiger partial charge in [0.15, 0.2) is 0 Å². The van der Waals surface area contributed by atoms with Crippen LogP contribution < -0.4 is 5.32 Å². The molecule has 0 saturated heterocycles. The molecule has 1 nitrogen and oxygen atoms in total. The van der Waals surface area contributed by atoms with Crippen LogP contribution in [-0.2, 0) is 0 Å². The fourth-order valence-corrected chi connectivity index (χ4v) is 2.51. The minimum atomic E-state index is -0.106. The van der Waals surface area contributed by atoms with Crippen molar-refractivity contribution in [1.82, 2.24) is 5.32 Å². The van der Waals surface area contributed by atoms with Gasteiger partial charge in [-0.05, 0) is 55.3 Å². The van der Waals surface area contributed by atoms with E-state index in [9.17, 15) is 4.39 Å². The van der Waals surface area contributed by atoms with Crippen molar-refractivity contribution in [2.75, 3.05) is 13.1 Å². The molecule has 110 valence electrons. The molecule has 2 rings (SSSR count). The van der Waals surface area contributed by atoms with E-state index < -0.39 is 0 Å². The summed E-state index contributed by atoms with van der Waals surface area (Å²) in [6, 6.07) is 5.53. The standard InChI is InChI=1S/C18H26FN/c1-12(2)14(4)17(11-20-10-15-6-7-15)16-8-5-13(3)9-18(16)19/h5,8-9,12,15,17,20H,4,6-7,10-11H2,1-3H3/t17-/m0/s1. The van der Waals surface area contributed by atoms with E-state index in [1.165, 1.54) is 12.8 Å². The number of halogens is 1. The van der Waals surface area contributed by atoms with Crippen LogP contribution in [0.5, 0.6) is 0 Å². The van der Waals surface area contributed by atoms with E-state index in [0.29, 0.717) is 5.92 Å². The van der Waals surface area contributed by atoms with Crippen LogP contribution in [0, 0.1) is 24.6 Å². The molecular weight excluding hydrogens is 249 g/mol. The third-order valence-electron chi connectivity index (χ3n) is 4.20. The third-order valence-corrected chi connectivity index (χ3v) is 4.20. The summed E-state index contributed by atoms with van der Waals surface area (Å²) in [5.74, 6) is 1.16. The number of aryl methyl sites for hydroxylation is 1. The van der Waals surface area contributed by atoms with Crippen molar-refractivity contribution >= 4 is 0 Å². The van der Waals surface area contributed by atoms with Gasteiger partial charge in [-0.1, -0.05) is 38.1 Å². The molecule has 0 radical (unpaired) electrons. The number of benzene rings is 1. The predicted octanol–water partition coefficient (Wildman–Crippen LogP) is 4.43. The minimum Gasteiger partial charge on any atom is -0.316 e. The van der Waals surface area contributed by atoms with E-state index in [4.69, 9.17) is 0 Å². The zero-order valence-corrected chi connectivity index (χ0v) is 12.9. The molecule has 1 atom stereocenters. The summed E-state index contributed by atoms with van der Waals surface area (Å²) in [4.78, 5) is 0. The Morgan fingerprint density at radius 1 is 1.40 bits per heavy atom. The highest BCUT2D eigenvalue weighted by Gasteiger charge is 2.24. The summed E-state index contributed by atoms with van der Waals surface area (Å²) in [5.41, 5.74) is 2.85. The van der Waals surface area contributed by atoms with Gasteiger partial charge in [-0.3, -0.25) is 0 Å². The van der Waals surface area contributed by atoms with Gasteiger partial charge in [-0.2, -0.15) is 0 Å². The Morgan fingerprint density at radius 3 is 2.65 bits per heavy atom. The zero-order valence-electron chi connectivity index (χ0n) is 12.9. The molecule has 1 aliphatic carbocycles. The molecular formula is C18H26FN. The number of hydrogen-bond acceptors (Lipinski definition) is 1. The van der Waals surface area contributed by atoms with Crippen molar-refractivity contribution in [3.63, 3.8) is 0 Å². The molecule has 1 saturated carbocycles. The lowest BCUT2D eigenvalue weighted by molar-refractivity contribution is 0.536. The quantitative estimate of drug-likeness (QED) is 0.726. The smallest absolute Gasteiger partial charge is 0.127 e. The fraction of sp³-hybridized carbons (Fsp3) is 0.556. The molecule has 0 aliphatic heterocycles. The van der Waals surface area contributed by atoms with Gasteiger partial charge in [0.05, 0.1) is 0 Å². The lowest BCUT2D eigenvalue weighted by Crippen LogP contribution is -2.26. The maximum absolute atomic E-state index is 14.3. The summed E-state index contributed by atoms with van der Waals surface area (Å²) in [5, 5.41) is 3.50. The monoisotopic (exact) mass is 275 g/mol. The van der Waals surface area contributed by atoms with Crippen molar-refractivity contribution < 1.29 is 4.39 Å². The minimum absolute atomic E-state index is 0.0642. The van der Waals surface area contributed by atoms with Crippen molar-refractivity contribution in [3.8, 4) is 0 Å². The Hall–Kier alpha value is -1.15. The van der Waals surface area contributed by atoms with Gasteiger partial charge in [0.2, 0.25) is 0 Å². The van der Waals surface area contributed by atoms with Crippen molar-refractivity contribution in [2.24, 2.45) is 11.8 Å². The van der Waals surface area contributed by atoms with Crippen molar-refractivity contribution in [1.29, 1.82) is 0 Å². The summed E-state index contributed by atoms with van der Waals surface area (Å²) < 4.78 is 14.3. The largest absolute Gasteiger partial charge is 0.316 e. The summed E-state index contributed by atoms with van der Waals surface area (Å²) in [7, 11) is 0. The molecule has 0 bridgehead atoms. The lowest BCUT2D eigenvalue weighted by Gasteiger charge is -2.24. The highest BCUT2D eigenvalue weighted by molar-refractivity contribution is 5.33. The van der Waals surface area contributed by atoms with Gasteiger partial charge in [-0.25, -0.2) is 4.39 Å². The topological polar surface area (TPSA) is 12.0 Å². The van der Waals surface area contributed by atoms with E-state index in [-0.39, 0.29) is 11.7 Å². The van der Waals surface area contributed by atoms with E-state index in [0.717, 1.165) is 35.7 Å². The van der Waals surface area contributed by atoms with Crippen molar-refractivity contribution in [2.45, 2.75) is 39.5 Å². The average molecular weight is 275 g/mol. The van der Waals surface area contributed by atoms with Gasteiger partial charge >= 0.3 is 0 Å². The molecule has 20 heavy (non-hydrogen) atoms. The molecule has 1 N–H and O–H groups in total. The Kier molecular flexibility index (Phi) is 4.98. The molecule has 0 aromatic heterocycles. The number of nitrogens with one attached hydrogen (secondary N) is 1. The first-order chi connectivity index (χ1) is 9.49. The first kappa shape index (κ1) is 15.2. The second-order valence-corrected chi connectivity index (χ2v) is 6.41. The van der Waals surface area contributed by atoms with E-state index >= 15 is 0 Å². The molecule has 1 fully saturated rings. The van der Waals surface area contributed by atoms with Crippen LogP contribution in [0.4, 0.5) is 4.39 Å². The molecule has 0 unspecified atom stereocenters. The number of rotatable bonds is 7. The van der Waals surface area contributed by atoms with E-state index in [1.54, 1.807) is 6.07 Å². The molecule has 1 aromatic rings. The molecule has 1 aromatic carbocycles. The van der Waals surface area contributed by atoms with Crippen LogP contribution >= 0.6 is 0 Å². The highest BCUT2D eigenvalue weighted by Crippen LogP contribution is 2.31.